The first kappa shape index (κ1) is 17.4. The molecule has 0 spiro atoms. The molecule has 26 heavy (non-hydrogen) atoms. The molecule has 0 N–H and O–H groups in total. The van der Waals surface area contributed by atoms with Crippen molar-refractivity contribution in [1.82, 2.24) is 0 Å². The number of hydrogen-bond donors (Lipinski definition) is 0. The summed E-state index contributed by atoms with van der Waals surface area (Å²) < 4.78 is 40.5. The Labute approximate surface area is 146 Å². The van der Waals surface area contributed by atoms with E-state index in [9.17, 15) is 28.5 Å². The average Bonchev–Trinajstić information content (AvgIpc) is 2.61. The van der Waals surface area contributed by atoms with Crippen molar-refractivity contribution >= 4 is 16.5 Å². The maximum atomic E-state index is 13.5. The standard InChI is InChI=1S/C19H11F3N2O2/c20-19(21,22)18-10-13(24(25)26)8-9-16(18)17(11-23)15-7-3-5-12-4-1-2-6-14(12)15/h1-10,17H. The fraction of sp³-hybridized carbons (Fsp3) is 0.105. The van der Waals surface area contributed by atoms with Gasteiger partial charge in [0, 0.05) is 12.1 Å². The molecule has 0 saturated carbocycles. The minimum Gasteiger partial charge on any atom is -0.258 e. The second-order valence-corrected chi connectivity index (χ2v) is 5.66. The lowest BCUT2D eigenvalue weighted by molar-refractivity contribution is -0.385. The van der Waals surface area contributed by atoms with Gasteiger partial charge in [-0.2, -0.15) is 18.4 Å². The molecule has 0 aliphatic carbocycles. The molecule has 0 amide bonds. The molecule has 0 aromatic heterocycles. The van der Waals surface area contributed by atoms with Gasteiger partial charge in [0.25, 0.3) is 5.69 Å². The van der Waals surface area contributed by atoms with Gasteiger partial charge < -0.3 is 0 Å². The van der Waals surface area contributed by atoms with E-state index in [0.717, 1.165) is 17.5 Å². The van der Waals surface area contributed by atoms with Gasteiger partial charge in [-0.25, -0.2) is 0 Å². The number of nitriles is 1. The molecule has 4 nitrogen and oxygen atoms in total. The number of nitro benzene ring substituents is 1. The molecule has 130 valence electrons. The fourth-order valence-electron chi connectivity index (χ4n) is 2.96. The van der Waals surface area contributed by atoms with E-state index in [0.29, 0.717) is 17.0 Å². The lowest BCUT2D eigenvalue weighted by Gasteiger charge is -2.18. The van der Waals surface area contributed by atoms with Gasteiger partial charge in [-0.15, -0.1) is 0 Å². The number of rotatable bonds is 3. The molecule has 3 aromatic carbocycles. The van der Waals surface area contributed by atoms with Crippen LogP contribution in [0.5, 0.6) is 0 Å². The number of fused-ring (bicyclic) bond motifs is 1. The molecule has 0 fully saturated rings. The third-order valence-electron chi connectivity index (χ3n) is 4.13. The Balaban J connectivity index is 2.26. The van der Waals surface area contributed by atoms with E-state index in [-0.39, 0.29) is 5.56 Å². The van der Waals surface area contributed by atoms with Crippen LogP contribution in [-0.4, -0.2) is 4.92 Å². The van der Waals surface area contributed by atoms with Crippen LogP contribution in [0.25, 0.3) is 10.8 Å². The average molecular weight is 356 g/mol. The summed E-state index contributed by atoms with van der Waals surface area (Å²) in [7, 11) is 0. The van der Waals surface area contributed by atoms with Crippen molar-refractivity contribution in [3.8, 4) is 6.07 Å². The lowest BCUT2D eigenvalue weighted by atomic mass is 9.86. The first-order chi connectivity index (χ1) is 12.3. The summed E-state index contributed by atoms with van der Waals surface area (Å²) in [6, 6.07) is 16.5. The summed E-state index contributed by atoms with van der Waals surface area (Å²) in [5.74, 6) is -1.21. The van der Waals surface area contributed by atoms with Gasteiger partial charge in [0.05, 0.1) is 22.5 Å². The van der Waals surface area contributed by atoms with Crippen molar-refractivity contribution in [3.63, 3.8) is 0 Å². The van der Waals surface area contributed by atoms with E-state index in [4.69, 9.17) is 0 Å². The van der Waals surface area contributed by atoms with Crippen molar-refractivity contribution in [2.24, 2.45) is 0 Å². The smallest absolute Gasteiger partial charge is 0.258 e. The fourth-order valence-corrected chi connectivity index (χ4v) is 2.96. The second kappa shape index (κ2) is 6.48. The summed E-state index contributed by atoms with van der Waals surface area (Å²) in [5.41, 5.74) is -1.73. The number of alkyl halides is 3. The third-order valence-corrected chi connectivity index (χ3v) is 4.13. The van der Waals surface area contributed by atoms with Gasteiger partial charge in [0.15, 0.2) is 0 Å². The van der Waals surface area contributed by atoms with Crippen LogP contribution in [0.15, 0.2) is 60.7 Å². The molecule has 0 saturated heterocycles. The number of halogens is 3. The monoisotopic (exact) mass is 356 g/mol. The summed E-state index contributed by atoms with van der Waals surface area (Å²) in [6.07, 6.45) is -4.82. The molecule has 1 unspecified atom stereocenters. The van der Waals surface area contributed by atoms with Crippen LogP contribution < -0.4 is 0 Å². The molecule has 0 bridgehead atoms. The van der Waals surface area contributed by atoms with Gasteiger partial charge in [-0.3, -0.25) is 10.1 Å². The predicted molar refractivity (Wildman–Crippen MR) is 89.5 cm³/mol. The maximum Gasteiger partial charge on any atom is 0.416 e. The molecule has 0 heterocycles. The molecule has 3 rings (SSSR count). The van der Waals surface area contributed by atoms with Gasteiger partial charge in [-0.05, 0) is 28.0 Å². The molecule has 7 heteroatoms. The highest BCUT2D eigenvalue weighted by atomic mass is 19.4. The van der Waals surface area contributed by atoms with Crippen LogP contribution in [0.2, 0.25) is 0 Å². The molecular weight excluding hydrogens is 345 g/mol. The summed E-state index contributed by atoms with van der Waals surface area (Å²) >= 11 is 0. The Morgan fingerprint density at radius 2 is 1.69 bits per heavy atom. The molecule has 0 aliphatic rings. The Kier molecular flexibility index (Phi) is 4.34. The zero-order chi connectivity index (χ0) is 18.9. The number of nitrogens with zero attached hydrogens (tertiary/aromatic N) is 2. The Morgan fingerprint density at radius 3 is 2.35 bits per heavy atom. The molecule has 1 atom stereocenters. The van der Waals surface area contributed by atoms with E-state index in [1.54, 1.807) is 42.5 Å². The van der Waals surface area contributed by atoms with E-state index in [1.165, 1.54) is 0 Å². The van der Waals surface area contributed by atoms with Crippen molar-refractivity contribution in [2.45, 2.75) is 12.1 Å². The summed E-state index contributed by atoms with van der Waals surface area (Å²) in [4.78, 5) is 9.96. The largest absolute Gasteiger partial charge is 0.416 e. The molecule has 0 aliphatic heterocycles. The van der Waals surface area contributed by atoms with Gasteiger partial charge in [0.2, 0.25) is 0 Å². The van der Waals surface area contributed by atoms with Crippen molar-refractivity contribution in [1.29, 1.82) is 5.26 Å². The topological polar surface area (TPSA) is 66.9 Å². The quantitative estimate of drug-likeness (QED) is 0.465. The molecule has 0 radical (unpaired) electrons. The molecular formula is C19H11F3N2O2. The van der Waals surface area contributed by atoms with E-state index in [2.05, 4.69) is 0 Å². The van der Waals surface area contributed by atoms with E-state index in [1.807, 2.05) is 6.07 Å². The predicted octanol–water partition coefficient (Wildman–Crippen LogP) is 5.42. The van der Waals surface area contributed by atoms with Crippen LogP contribution in [0.1, 0.15) is 22.6 Å². The van der Waals surface area contributed by atoms with Crippen molar-refractivity contribution in [3.05, 3.63) is 87.5 Å². The number of non-ortho nitro benzene ring substituents is 1. The van der Waals surface area contributed by atoms with Crippen LogP contribution in [0, 0.1) is 21.4 Å². The molecule has 3 aromatic rings. The van der Waals surface area contributed by atoms with Crippen LogP contribution >= 0.6 is 0 Å². The van der Waals surface area contributed by atoms with Crippen molar-refractivity contribution in [2.75, 3.05) is 0 Å². The van der Waals surface area contributed by atoms with Gasteiger partial charge in [-0.1, -0.05) is 42.5 Å². The van der Waals surface area contributed by atoms with Crippen molar-refractivity contribution < 1.29 is 18.1 Å². The second-order valence-electron chi connectivity index (χ2n) is 5.66. The Hall–Kier alpha value is -3.40. The number of benzene rings is 3. The maximum absolute atomic E-state index is 13.5. The zero-order valence-corrected chi connectivity index (χ0v) is 13.2. The van der Waals surface area contributed by atoms with Gasteiger partial charge in [0.1, 0.15) is 0 Å². The van der Waals surface area contributed by atoms with Gasteiger partial charge >= 0.3 is 6.18 Å². The first-order valence-corrected chi connectivity index (χ1v) is 7.55. The summed E-state index contributed by atoms with van der Waals surface area (Å²) in [6.45, 7) is 0. The van der Waals surface area contributed by atoms with Crippen LogP contribution in [0.4, 0.5) is 18.9 Å². The first-order valence-electron chi connectivity index (χ1n) is 7.55. The highest BCUT2D eigenvalue weighted by Crippen LogP contribution is 2.40. The minimum absolute atomic E-state index is 0.304. The van der Waals surface area contributed by atoms with Crippen LogP contribution in [0.3, 0.4) is 0 Å². The lowest BCUT2D eigenvalue weighted by Crippen LogP contribution is -2.13. The third kappa shape index (κ3) is 3.09. The SMILES string of the molecule is N#CC(c1ccc([N+](=O)[O-])cc1C(F)(F)F)c1cccc2ccccc12. The highest BCUT2D eigenvalue weighted by Gasteiger charge is 2.37. The van der Waals surface area contributed by atoms with E-state index >= 15 is 0 Å². The zero-order valence-electron chi connectivity index (χ0n) is 13.2. The van der Waals surface area contributed by atoms with E-state index < -0.39 is 28.3 Å². The number of hydrogen-bond acceptors (Lipinski definition) is 3. The minimum atomic E-state index is -4.82. The Bertz CT molecular complexity index is 1030. The summed E-state index contributed by atoms with van der Waals surface area (Å²) in [5, 5.41) is 21.9. The normalized spacial score (nSPS) is 12.5. The highest BCUT2D eigenvalue weighted by molar-refractivity contribution is 5.87. The Morgan fingerprint density at radius 1 is 1.00 bits per heavy atom. The van der Waals surface area contributed by atoms with Crippen LogP contribution in [-0.2, 0) is 6.18 Å². The number of nitro groups is 1.